The number of fused-ring (bicyclic) bond motifs is 4. The molecule has 6 heterocycles. The molecule has 9 rings (SSSR count). The molecule has 3 aromatic heterocycles. The summed E-state index contributed by atoms with van der Waals surface area (Å²) in [6.45, 7) is 34.8. The Labute approximate surface area is 440 Å². The van der Waals surface area contributed by atoms with Gasteiger partial charge in [0.25, 0.3) is 6.43 Å². The summed E-state index contributed by atoms with van der Waals surface area (Å²) in [5, 5.41) is 9.59. The van der Waals surface area contributed by atoms with Crippen LogP contribution in [0.2, 0.25) is 0 Å². The molecule has 0 N–H and O–H groups in total. The van der Waals surface area contributed by atoms with Crippen molar-refractivity contribution in [2.24, 2.45) is 5.92 Å². The number of Topliss-reactive ketones (excluding diaryl/α,β-unsaturated/α-hetero) is 1. The Balaban J connectivity index is 0.00000360. The zero-order valence-electron chi connectivity index (χ0n) is 46.0. The number of halogens is 2. The standard InChI is InChI=1S/C60H78F2N8O2.C2H6/c1-10-28-65(29-13-15-44-20-23-48-41(7)69(42(8)49(48)32-44)53(39(4)5)24-17-40(6)71)36-45-18-21-47(22-19-45)70-54-26-31-66(43(9)72)37-51(54)59(64-70)67-30-14-16-46-33-56(50(58(61)62)34-55(46)67)68-38-60(11-2,12-3)52-25-27-63-35-57(52)68;1-2/h20,23,25,27,32-35,45,47,53,58H,4,7-8,10-19,21-22,24,26,28-31,36-38H2,1-3,5-6,9H3;1-2H3. The van der Waals surface area contributed by atoms with Gasteiger partial charge >= 0.3 is 0 Å². The molecule has 1 atom stereocenters. The number of pyridine rings is 1. The molecule has 1 amide bonds. The highest BCUT2D eigenvalue weighted by atomic mass is 19.3. The minimum Gasteiger partial charge on any atom is -0.339 e. The Morgan fingerprint density at radius 1 is 0.878 bits per heavy atom. The minimum absolute atomic E-state index is 0.0117. The molecule has 12 heteroatoms. The highest BCUT2D eigenvalue weighted by Gasteiger charge is 2.43. The maximum atomic E-state index is 15.5. The van der Waals surface area contributed by atoms with Crippen LogP contribution >= 0.6 is 0 Å². The largest absolute Gasteiger partial charge is 0.339 e. The van der Waals surface area contributed by atoms with Gasteiger partial charge in [0.1, 0.15) is 5.78 Å². The summed E-state index contributed by atoms with van der Waals surface area (Å²) in [7, 11) is 0. The summed E-state index contributed by atoms with van der Waals surface area (Å²) in [6, 6.07) is 12.8. The summed E-state index contributed by atoms with van der Waals surface area (Å²) in [6.07, 6.45) is 13.9. The lowest BCUT2D eigenvalue weighted by atomic mass is 9.78. The molecule has 4 aliphatic rings. The number of amides is 1. The smallest absolute Gasteiger partial charge is 0.265 e. The molecule has 0 spiro atoms. The van der Waals surface area contributed by atoms with Crippen LogP contribution in [-0.2, 0) is 40.8 Å². The van der Waals surface area contributed by atoms with Crippen LogP contribution in [0.4, 0.5) is 31.7 Å². The van der Waals surface area contributed by atoms with Crippen molar-refractivity contribution in [2.75, 3.05) is 49.1 Å². The Bertz CT molecular complexity index is 2930. The van der Waals surface area contributed by atoms with E-state index >= 15 is 8.78 Å². The van der Waals surface area contributed by atoms with Crippen molar-refractivity contribution in [2.45, 2.75) is 176 Å². The molecule has 0 radical (unpaired) electrons. The Hall–Kier alpha value is -5.62. The third kappa shape index (κ3) is 10.8. The SMILES string of the molecule is C=C(C)C(CCC(C)=O)n1c(=C)c2ccc(CCCN(CCC)CC3CCC(n4nc(N5CCCc6cc(N7CC(CC)(CC)c8ccncc87)c(C(F)F)cc65)c5c4CCN(C(C)=O)C5)CC3)cc2c1=C.CC. The summed E-state index contributed by atoms with van der Waals surface area (Å²) >= 11 is 0. The van der Waals surface area contributed by atoms with Crippen molar-refractivity contribution >= 4 is 58.5 Å². The van der Waals surface area contributed by atoms with E-state index in [0.717, 1.165) is 152 Å². The molecule has 74 heavy (non-hydrogen) atoms. The van der Waals surface area contributed by atoms with E-state index in [1.165, 1.54) is 16.8 Å². The van der Waals surface area contributed by atoms with Gasteiger partial charge in [-0.05, 0) is 151 Å². The van der Waals surface area contributed by atoms with Crippen LogP contribution in [0.3, 0.4) is 0 Å². The molecule has 1 saturated carbocycles. The van der Waals surface area contributed by atoms with E-state index in [1.807, 2.05) is 44.1 Å². The van der Waals surface area contributed by atoms with Gasteiger partial charge in [-0.25, -0.2) is 8.78 Å². The molecule has 398 valence electrons. The highest BCUT2D eigenvalue weighted by molar-refractivity contribution is 5.85. The maximum Gasteiger partial charge on any atom is 0.265 e. The third-order valence-corrected chi connectivity index (χ3v) is 17.2. The highest BCUT2D eigenvalue weighted by Crippen LogP contribution is 2.51. The lowest BCUT2D eigenvalue weighted by molar-refractivity contribution is -0.129. The van der Waals surface area contributed by atoms with Gasteiger partial charge in [-0.1, -0.05) is 72.1 Å². The molecule has 1 fully saturated rings. The number of benzene rings is 2. The van der Waals surface area contributed by atoms with E-state index in [0.29, 0.717) is 50.6 Å². The first-order valence-electron chi connectivity index (χ1n) is 28.1. The number of nitrogens with zero attached hydrogens (tertiary/aromatic N) is 8. The minimum atomic E-state index is -2.67. The van der Waals surface area contributed by atoms with Crippen molar-refractivity contribution in [1.29, 1.82) is 0 Å². The molecule has 10 nitrogen and oxygen atoms in total. The second-order valence-electron chi connectivity index (χ2n) is 21.8. The van der Waals surface area contributed by atoms with E-state index in [-0.39, 0.29) is 34.8 Å². The molecule has 1 unspecified atom stereocenters. The first-order valence-corrected chi connectivity index (χ1v) is 28.1. The van der Waals surface area contributed by atoms with Gasteiger partial charge in [-0.15, -0.1) is 0 Å². The van der Waals surface area contributed by atoms with Gasteiger partial charge in [-0.2, -0.15) is 5.10 Å². The molecular formula is C62H84F2N8O2. The first kappa shape index (κ1) is 54.6. The number of alkyl halides is 2. The molecule has 1 aliphatic carbocycles. The Morgan fingerprint density at radius 2 is 1.62 bits per heavy atom. The quantitative estimate of drug-likeness (QED) is 0.0762. The average Bonchev–Trinajstić information content (AvgIpc) is 4.03. The van der Waals surface area contributed by atoms with Crippen LogP contribution in [0.1, 0.15) is 178 Å². The number of anilines is 4. The Kier molecular flexibility index (Phi) is 17.4. The molecule has 0 bridgehead atoms. The van der Waals surface area contributed by atoms with E-state index in [9.17, 15) is 9.59 Å². The third-order valence-electron chi connectivity index (χ3n) is 17.2. The molecule has 5 aromatic rings. The summed E-state index contributed by atoms with van der Waals surface area (Å²) in [5.41, 5.74) is 9.05. The first-order chi connectivity index (χ1) is 35.7. The van der Waals surface area contributed by atoms with Gasteiger partial charge in [0, 0.05) is 102 Å². The number of rotatable bonds is 19. The molecule has 0 saturated heterocycles. The van der Waals surface area contributed by atoms with E-state index in [2.05, 4.69) is 93.7 Å². The number of carbonyl (C=O) groups is 2. The van der Waals surface area contributed by atoms with Crippen molar-refractivity contribution in [3.05, 3.63) is 105 Å². The van der Waals surface area contributed by atoms with Crippen LogP contribution in [0, 0.1) is 5.92 Å². The zero-order valence-corrected chi connectivity index (χ0v) is 46.0. The monoisotopic (exact) mass is 1010 g/mol. The molecule has 2 aromatic carbocycles. The number of aryl methyl sites for hydroxylation is 2. The number of hydrogen-bond donors (Lipinski definition) is 0. The number of carbonyl (C=O) groups excluding carboxylic acids is 2. The van der Waals surface area contributed by atoms with Gasteiger partial charge in [0.05, 0.1) is 36.2 Å². The normalized spacial score (nSPS) is 18.6. The van der Waals surface area contributed by atoms with Crippen LogP contribution in [0.15, 0.2) is 60.9 Å². The predicted octanol–water partition coefficient (Wildman–Crippen LogP) is 12.8. The van der Waals surface area contributed by atoms with Crippen LogP contribution in [0.25, 0.3) is 23.9 Å². The zero-order chi connectivity index (χ0) is 53.0. The second-order valence-corrected chi connectivity index (χ2v) is 21.8. The number of hydrogen-bond acceptors (Lipinski definition) is 7. The van der Waals surface area contributed by atoms with Crippen molar-refractivity contribution in [3.8, 4) is 0 Å². The van der Waals surface area contributed by atoms with Crippen molar-refractivity contribution in [3.63, 3.8) is 0 Å². The lowest BCUT2D eigenvalue weighted by Gasteiger charge is -2.35. The fourth-order valence-corrected chi connectivity index (χ4v) is 13.1. The van der Waals surface area contributed by atoms with Crippen molar-refractivity contribution < 1.29 is 18.4 Å². The topological polar surface area (TPSA) is 82.7 Å². The summed E-state index contributed by atoms with van der Waals surface area (Å²) < 4.78 is 35.4. The molecular weight excluding hydrogens is 927 g/mol. The fraction of sp³-hybridized carbons (Fsp3) is 0.548. The lowest BCUT2D eigenvalue weighted by Crippen LogP contribution is -2.36. The van der Waals surface area contributed by atoms with Gasteiger partial charge in [-0.3, -0.25) is 14.5 Å². The maximum absolute atomic E-state index is 15.5. The number of aromatic nitrogens is 4. The number of allylic oxidation sites excluding steroid dienone is 1. The van der Waals surface area contributed by atoms with E-state index in [1.54, 1.807) is 19.9 Å². The van der Waals surface area contributed by atoms with Gasteiger partial charge in [0.15, 0.2) is 5.82 Å². The van der Waals surface area contributed by atoms with Crippen LogP contribution in [-0.4, -0.2) is 80.1 Å². The Morgan fingerprint density at radius 3 is 2.30 bits per heavy atom. The van der Waals surface area contributed by atoms with Crippen molar-refractivity contribution in [1.82, 2.24) is 29.1 Å². The van der Waals surface area contributed by atoms with Crippen LogP contribution in [0.5, 0.6) is 0 Å². The van der Waals surface area contributed by atoms with E-state index < -0.39 is 6.43 Å². The predicted molar refractivity (Wildman–Crippen MR) is 301 cm³/mol. The molecule has 3 aliphatic heterocycles. The van der Waals surface area contributed by atoms with Gasteiger partial charge in [0.2, 0.25) is 5.91 Å². The second kappa shape index (κ2) is 23.5. The number of ketones is 1. The summed E-state index contributed by atoms with van der Waals surface area (Å²) in [5.74, 6) is 1.65. The average molecular weight is 1010 g/mol. The summed E-state index contributed by atoms with van der Waals surface area (Å²) in [4.78, 5) is 38.1. The van der Waals surface area contributed by atoms with Gasteiger partial charge < -0.3 is 29.0 Å². The van der Waals surface area contributed by atoms with E-state index in [4.69, 9.17) is 5.10 Å². The fourth-order valence-electron chi connectivity index (χ4n) is 13.1. The van der Waals surface area contributed by atoms with Crippen LogP contribution < -0.4 is 20.5 Å².